The van der Waals surface area contributed by atoms with E-state index in [9.17, 15) is 10.1 Å². The van der Waals surface area contributed by atoms with Crippen molar-refractivity contribution in [3.8, 4) is 5.75 Å². The maximum Gasteiger partial charge on any atom is 0.406 e. The molecule has 0 aromatic carbocycles. The van der Waals surface area contributed by atoms with E-state index >= 15 is 0 Å². The van der Waals surface area contributed by atoms with Crippen molar-refractivity contribution in [1.82, 2.24) is 4.98 Å². The number of hydrogen-bond acceptors (Lipinski definition) is 5. The fraction of sp³-hybridized carbons (Fsp3) is 0.375. The Morgan fingerprint density at radius 1 is 1.64 bits per heavy atom. The lowest BCUT2D eigenvalue weighted by Gasteiger charge is -2.04. The van der Waals surface area contributed by atoms with Crippen LogP contribution in [-0.2, 0) is 0 Å². The van der Waals surface area contributed by atoms with Crippen LogP contribution in [0.1, 0.15) is 12.8 Å². The number of aromatic nitrogens is 1. The lowest BCUT2D eigenvalue weighted by atomic mass is 10.4. The molecular formula is C8H9N3O3. The normalized spacial score (nSPS) is 15.1. The second-order valence-electron chi connectivity index (χ2n) is 3.16. The molecule has 1 fully saturated rings. The van der Waals surface area contributed by atoms with E-state index in [0.29, 0.717) is 5.69 Å². The third-order valence-electron chi connectivity index (χ3n) is 1.85. The first-order valence-electron chi connectivity index (χ1n) is 4.23. The zero-order valence-corrected chi connectivity index (χ0v) is 7.34. The highest BCUT2D eigenvalue weighted by Gasteiger charge is 2.28. The molecule has 1 aromatic rings. The molecule has 2 N–H and O–H groups in total. The van der Waals surface area contributed by atoms with Crippen LogP contribution in [0.3, 0.4) is 0 Å². The molecule has 1 saturated carbocycles. The highest BCUT2D eigenvalue weighted by molar-refractivity contribution is 5.50. The lowest BCUT2D eigenvalue weighted by molar-refractivity contribution is -0.390. The Balaban J connectivity index is 2.31. The number of rotatable bonds is 3. The Hall–Kier alpha value is -1.85. The molecule has 74 valence electrons. The highest BCUT2D eigenvalue weighted by Crippen LogP contribution is 2.32. The minimum absolute atomic E-state index is 0.0947. The fourth-order valence-electron chi connectivity index (χ4n) is 1.04. The molecule has 1 aliphatic rings. The number of anilines is 1. The van der Waals surface area contributed by atoms with E-state index in [1.165, 1.54) is 12.3 Å². The van der Waals surface area contributed by atoms with Gasteiger partial charge in [0.1, 0.15) is 0 Å². The summed E-state index contributed by atoms with van der Waals surface area (Å²) in [6.07, 6.45) is 3.22. The molecule has 0 amide bonds. The average Bonchev–Trinajstić information content (AvgIpc) is 2.87. The van der Waals surface area contributed by atoms with Crippen LogP contribution in [0.4, 0.5) is 11.5 Å². The molecule has 2 rings (SSSR count). The Morgan fingerprint density at radius 2 is 2.36 bits per heavy atom. The molecule has 0 spiro atoms. The van der Waals surface area contributed by atoms with Gasteiger partial charge in [-0.3, -0.25) is 0 Å². The van der Waals surface area contributed by atoms with E-state index in [0.717, 1.165) is 12.8 Å². The Labute approximate surface area is 79.8 Å². The van der Waals surface area contributed by atoms with Crippen molar-refractivity contribution in [2.45, 2.75) is 18.9 Å². The molecule has 0 radical (unpaired) electrons. The van der Waals surface area contributed by atoms with Gasteiger partial charge in [0.05, 0.1) is 11.8 Å². The number of nitrogens with two attached hydrogens (primary N) is 1. The monoisotopic (exact) mass is 195 g/mol. The van der Waals surface area contributed by atoms with Gasteiger partial charge in [-0.15, -0.1) is 0 Å². The summed E-state index contributed by atoms with van der Waals surface area (Å²) in [4.78, 5) is 13.6. The fourth-order valence-corrected chi connectivity index (χ4v) is 1.04. The number of hydrogen-bond donors (Lipinski definition) is 1. The lowest BCUT2D eigenvalue weighted by Crippen LogP contribution is -2.02. The first kappa shape index (κ1) is 8.74. The molecule has 1 heterocycles. The average molecular weight is 195 g/mol. The van der Waals surface area contributed by atoms with Crippen molar-refractivity contribution < 1.29 is 9.66 Å². The van der Waals surface area contributed by atoms with E-state index < -0.39 is 4.92 Å². The van der Waals surface area contributed by atoms with E-state index in [4.69, 9.17) is 10.5 Å². The largest absolute Gasteiger partial charge is 0.482 e. The SMILES string of the molecule is Nc1cnc([N+](=O)[O-])c(OC2CC2)c1. The predicted octanol–water partition coefficient (Wildman–Crippen LogP) is 1.11. The Bertz CT molecular complexity index is 376. The van der Waals surface area contributed by atoms with Gasteiger partial charge in [-0.2, -0.15) is 0 Å². The quantitative estimate of drug-likeness (QED) is 0.576. The van der Waals surface area contributed by atoms with E-state index in [2.05, 4.69) is 4.98 Å². The van der Waals surface area contributed by atoms with Gasteiger partial charge in [0, 0.05) is 6.07 Å². The molecule has 1 aliphatic carbocycles. The van der Waals surface area contributed by atoms with Crippen LogP contribution in [0, 0.1) is 10.1 Å². The van der Waals surface area contributed by atoms with Gasteiger partial charge in [0.2, 0.25) is 5.75 Å². The summed E-state index contributed by atoms with van der Waals surface area (Å²) in [5, 5.41) is 10.6. The molecule has 0 aliphatic heterocycles. The van der Waals surface area contributed by atoms with Crippen molar-refractivity contribution in [2.75, 3.05) is 5.73 Å². The van der Waals surface area contributed by atoms with Gasteiger partial charge in [-0.25, -0.2) is 0 Å². The predicted molar refractivity (Wildman–Crippen MR) is 49.0 cm³/mol. The van der Waals surface area contributed by atoms with Crippen LogP contribution >= 0.6 is 0 Å². The maximum absolute atomic E-state index is 10.6. The second-order valence-corrected chi connectivity index (χ2v) is 3.16. The summed E-state index contributed by atoms with van der Waals surface area (Å²) < 4.78 is 5.31. The number of ether oxygens (including phenoxy) is 1. The molecule has 0 unspecified atom stereocenters. The summed E-state index contributed by atoms with van der Waals surface area (Å²) >= 11 is 0. The molecule has 1 aromatic heterocycles. The summed E-state index contributed by atoms with van der Waals surface area (Å²) in [6.45, 7) is 0. The maximum atomic E-state index is 10.6. The van der Waals surface area contributed by atoms with E-state index in [-0.39, 0.29) is 17.7 Å². The topological polar surface area (TPSA) is 91.3 Å². The molecular weight excluding hydrogens is 186 g/mol. The number of nitrogens with zero attached hydrogens (tertiary/aromatic N) is 2. The summed E-state index contributed by atoms with van der Waals surface area (Å²) in [5.74, 6) is -0.108. The van der Waals surface area contributed by atoms with Gasteiger partial charge in [-0.1, -0.05) is 0 Å². The van der Waals surface area contributed by atoms with Crippen LogP contribution in [-0.4, -0.2) is 16.0 Å². The van der Waals surface area contributed by atoms with Crippen molar-refractivity contribution >= 4 is 11.5 Å². The van der Waals surface area contributed by atoms with E-state index in [1.54, 1.807) is 0 Å². The number of pyridine rings is 1. The summed E-state index contributed by atoms with van der Waals surface area (Å²) in [6, 6.07) is 1.43. The summed E-state index contributed by atoms with van der Waals surface area (Å²) in [7, 11) is 0. The number of nitrogen functional groups attached to an aromatic ring is 1. The van der Waals surface area contributed by atoms with Crippen molar-refractivity contribution in [3.63, 3.8) is 0 Å². The Kier molecular flexibility index (Phi) is 1.95. The van der Waals surface area contributed by atoms with Gasteiger partial charge in [-0.05, 0) is 22.7 Å². The van der Waals surface area contributed by atoms with Crippen LogP contribution in [0.2, 0.25) is 0 Å². The highest BCUT2D eigenvalue weighted by atomic mass is 16.6. The minimum atomic E-state index is -0.572. The number of nitro groups is 1. The third kappa shape index (κ3) is 1.73. The van der Waals surface area contributed by atoms with Crippen LogP contribution in [0.25, 0.3) is 0 Å². The van der Waals surface area contributed by atoms with Crippen molar-refractivity contribution in [1.29, 1.82) is 0 Å². The third-order valence-corrected chi connectivity index (χ3v) is 1.85. The molecule has 0 bridgehead atoms. The second kappa shape index (κ2) is 3.13. The minimum Gasteiger partial charge on any atom is -0.482 e. The van der Waals surface area contributed by atoms with Crippen LogP contribution < -0.4 is 10.5 Å². The standard InChI is InChI=1S/C8H9N3O3/c9-5-3-7(14-6-1-2-6)8(10-4-5)11(12)13/h3-4,6H,1-2,9H2. The van der Waals surface area contributed by atoms with E-state index in [1.807, 2.05) is 0 Å². The Morgan fingerprint density at radius 3 is 2.93 bits per heavy atom. The van der Waals surface area contributed by atoms with Crippen LogP contribution in [0.5, 0.6) is 5.75 Å². The van der Waals surface area contributed by atoms with Crippen LogP contribution in [0.15, 0.2) is 12.3 Å². The zero-order valence-electron chi connectivity index (χ0n) is 7.34. The van der Waals surface area contributed by atoms with Crippen molar-refractivity contribution in [3.05, 3.63) is 22.4 Å². The molecule has 0 saturated heterocycles. The van der Waals surface area contributed by atoms with Gasteiger partial charge < -0.3 is 20.6 Å². The van der Waals surface area contributed by atoms with Gasteiger partial charge in [0.15, 0.2) is 6.20 Å². The molecule has 0 atom stereocenters. The summed E-state index contributed by atoms with van der Waals surface area (Å²) in [5.41, 5.74) is 5.83. The van der Waals surface area contributed by atoms with Crippen molar-refractivity contribution in [2.24, 2.45) is 0 Å². The smallest absolute Gasteiger partial charge is 0.406 e. The molecule has 14 heavy (non-hydrogen) atoms. The molecule has 6 nitrogen and oxygen atoms in total. The first-order valence-corrected chi connectivity index (χ1v) is 4.23. The zero-order chi connectivity index (χ0) is 10.1. The van der Waals surface area contributed by atoms with Gasteiger partial charge >= 0.3 is 5.82 Å². The first-order chi connectivity index (χ1) is 6.66. The molecule has 6 heteroatoms. The van der Waals surface area contributed by atoms with Gasteiger partial charge in [0.25, 0.3) is 0 Å².